The van der Waals surface area contributed by atoms with E-state index in [0.29, 0.717) is 17.1 Å². The second-order valence-electron chi connectivity index (χ2n) is 5.06. The number of anilines is 1. The predicted molar refractivity (Wildman–Crippen MR) is 85.9 cm³/mol. The highest BCUT2D eigenvalue weighted by Crippen LogP contribution is 2.22. The molecule has 4 nitrogen and oxygen atoms in total. The standard InChI is InChI=1S/C16H20N2O2S/c1-12-8-9-13(2)16(10-12)21(19,20)18-15-7-5-4-6-14(15)11-17-3/h4-10,17-18H,11H2,1-3H3. The fraction of sp³-hybridized carbons (Fsp3) is 0.250. The van der Waals surface area contributed by atoms with Gasteiger partial charge < -0.3 is 5.32 Å². The van der Waals surface area contributed by atoms with Crippen LogP contribution in [0.2, 0.25) is 0 Å². The number of hydrogen-bond donors (Lipinski definition) is 2. The number of hydrogen-bond acceptors (Lipinski definition) is 3. The monoisotopic (exact) mass is 304 g/mol. The largest absolute Gasteiger partial charge is 0.316 e. The van der Waals surface area contributed by atoms with Gasteiger partial charge >= 0.3 is 0 Å². The molecular formula is C16H20N2O2S. The summed E-state index contributed by atoms with van der Waals surface area (Å²) in [4.78, 5) is 0.321. The molecular weight excluding hydrogens is 284 g/mol. The third-order valence-electron chi connectivity index (χ3n) is 3.26. The molecule has 0 radical (unpaired) electrons. The van der Waals surface area contributed by atoms with Gasteiger partial charge in [-0.1, -0.05) is 30.3 Å². The Bertz CT molecular complexity index is 740. The first-order valence-electron chi connectivity index (χ1n) is 6.76. The molecule has 0 aliphatic rings. The molecule has 0 saturated heterocycles. The van der Waals surface area contributed by atoms with E-state index in [9.17, 15) is 8.42 Å². The number of benzene rings is 2. The minimum absolute atomic E-state index is 0.321. The fourth-order valence-corrected chi connectivity index (χ4v) is 3.59. The van der Waals surface area contributed by atoms with Gasteiger partial charge in [-0.2, -0.15) is 0 Å². The average molecular weight is 304 g/mol. The molecule has 0 heterocycles. The Morgan fingerprint density at radius 2 is 1.76 bits per heavy atom. The molecule has 0 fully saturated rings. The van der Waals surface area contributed by atoms with Crippen LogP contribution in [0.1, 0.15) is 16.7 Å². The second kappa shape index (κ2) is 6.28. The van der Waals surface area contributed by atoms with Crippen molar-refractivity contribution in [1.82, 2.24) is 5.32 Å². The Labute approximate surface area is 126 Å². The lowest BCUT2D eigenvalue weighted by molar-refractivity contribution is 0.600. The maximum Gasteiger partial charge on any atom is 0.262 e. The van der Waals surface area contributed by atoms with Gasteiger partial charge in [0, 0.05) is 6.54 Å². The van der Waals surface area contributed by atoms with Crippen molar-refractivity contribution in [2.24, 2.45) is 0 Å². The van der Waals surface area contributed by atoms with Gasteiger partial charge in [0.1, 0.15) is 0 Å². The first kappa shape index (κ1) is 15.5. The molecule has 0 atom stereocenters. The lowest BCUT2D eigenvalue weighted by Crippen LogP contribution is -2.17. The van der Waals surface area contributed by atoms with Crippen LogP contribution in [-0.4, -0.2) is 15.5 Å². The number of aryl methyl sites for hydroxylation is 2. The summed E-state index contributed by atoms with van der Waals surface area (Å²) in [6.07, 6.45) is 0. The molecule has 0 spiro atoms. The highest BCUT2D eigenvalue weighted by molar-refractivity contribution is 7.92. The summed E-state index contributed by atoms with van der Waals surface area (Å²) in [6.45, 7) is 4.28. The fourth-order valence-electron chi connectivity index (χ4n) is 2.16. The number of sulfonamides is 1. The summed E-state index contributed by atoms with van der Waals surface area (Å²) in [5, 5.41) is 3.04. The Hall–Kier alpha value is -1.85. The van der Waals surface area contributed by atoms with Gasteiger partial charge in [0.15, 0.2) is 0 Å². The lowest BCUT2D eigenvalue weighted by Gasteiger charge is -2.14. The smallest absolute Gasteiger partial charge is 0.262 e. The van der Waals surface area contributed by atoms with E-state index in [0.717, 1.165) is 16.7 Å². The molecule has 0 aliphatic heterocycles. The maximum atomic E-state index is 12.6. The van der Waals surface area contributed by atoms with E-state index >= 15 is 0 Å². The minimum Gasteiger partial charge on any atom is -0.316 e. The van der Waals surface area contributed by atoms with Crippen molar-refractivity contribution in [1.29, 1.82) is 0 Å². The maximum absolute atomic E-state index is 12.6. The first-order chi connectivity index (χ1) is 9.94. The van der Waals surface area contributed by atoms with Gasteiger partial charge in [0.05, 0.1) is 10.6 Å². The summed E-state index contributed by atoms with van der Waals surface area (Å²) >= 11 is 0. The van der Waals surface area contributed by atoms with Crippen molar-refractivity contribution in [3.8, 4) is 0 Å². The molecule has 0 saturated carbocycles. The van der Waals surface area contributed by atoms with Crippen LogP contribution in [0.5, 0.6) is 0 Å². The molecule has 0 unspecified atom stereocenters. The average Bonchev–Trinajstić information content (AvgIpc) is 2.43. The topological polar surface area (TPSA) is 58.2 Å². The molecule has 21 heavy (non-hydrogen) atoms. The van der Waals surface area contributed by atoms with Gasteiger partial charge in [-0.15, -0.1) is 0 Å². The van der Waals surface area contributed by atoms with Crippen LogP contribution in [0.15, 0.2) is 47.4 Å². The van der Waals surface area contributed by atoms with Gasteiger partial charge in [-0.3, -0.25) is 4.72 Å². The lowest BCUT2D eigenvalue weighted by atomic mass is 10.2. The van der Waals surface area contributed by atoms with Gasteiger partial charge in [0.2, 0.25) is 0 Å². The minimum atomic E-state index is -3.59. The van der Waals surface area contributed by atoms with Gasteiger partial charge in [-0.25, -0.2) is 8.42 Å². The molecule has 5 heteroatoms. The number of para-hydroxylation sites is 1. The summed E-state index contributed by atoms with van der Waals surface area (Å²) in [6, 6.07) is 12.8. The summed E-state index contributed by atoms with van der Waals surface area (Å²) in [5.41, 5.74) is 3.17. The van der Waals surface area contributed by atoms with E-state index in [1.807, 2.05) is 44.3 Å². The van der Waals surface area contributed by atoms with Crippen LogP contribution in [0.3, 0.4) is 0 Å². The van der Waals surface area contributed by atoms with Crippen molar-refractivity contribution in [2.75, 3.05) is 11.8 Å². The van der Waals surface area contributed by atoms with E-state index < -0.39 is 10.0 Å². The summed E-state index contributed by atoms with van der Waals surface area (Å²) in [7, 11) is -1.76. The van der Waals surface area contributed by atoms with Crippen LogP contribution in [0.25, 0.3) is 0 Å². The van der Waals surface area contributed by atoms with E-state index in [2.05, 4.69) is 10.0 Å². The van der Waals surface area contributed by atoms with E-state index in [-0.39, 0.29) is 0 Å². The molecule has 0 aliphatic carbocycles. The first-order valence-corrected chi connectivity index (χ1v) is 8.25. The van der Waals surface area contributed by atoms with Crippen LogP contribution < -0.4 is 10.0 Å². The van der Waals surface area contributed by atoms with Crippen molar-refractivity contribution in [3.63, 3.8) is 0 Å². The van der Waals surface area contributed by atoms with Crippen molar-refractivity contribution >= 4 is 15.7 Å². The Kier molecular flexibility index (Phi) is 4.65. The molecule has 2 N–H and O–H groups in total. The molecule has 0 bridgehead atoms. The molecule has 2 rings (SSSR count). The van der Waals surface area contributed by atoms with Gasteiger partial charge in [0.25, 0.3) is 10.0 Å². The second-order valence-corrected chi connectivity index (χ2v) is 6.71. The Morgan fingerprint density at radius 1 is 1.05 bits per heavy atom. The molecule has 0 aromatic heterocycles. The highest BCUT2D eigenvalue weighted by Gasteiger charge is 2.18. The third-order valence-corrected chi connectivity index (χ3v) is 4.77. The van der Waals surface area contributed by atoms with Crippen LogP contribution in [-0.2, 0) is 16.6 Å². The zero-order chi connectivity index (χ0) is 15.5. The molecule has 0 amide bonds. The SMILES string of the molecule is CNCc1ccccc1NS(=O)(=O)c1cc(C)ccc1C. The Balaban J connectivity index is 2.40. The zero-order valence-electron chi connectivity index (χ0n) is 12.5. The van der Waals surface area contributed by atoms with Crippen molar-refractivity contribution < 1.29 is 8.42 Å². The Morgan fingerprint density at radius 3 is 2.48 bits per heavy atom. The van der Waals surface area contributed by atoms with Crippen LogP contribution in [0.4, 0.5) is 5.69 Å². The summed E-state index contributed by atoms with van der Waals surface area (Å²) < 4.78 is 27.9. The zero-order valence-corrected chi connectivity index (χ0v) is 13.3. The van der Waals surface area contributed by atoms with E-state index in [1.165, 1.54) is 0 Å². The van der Waals surface area contributed by atoms with Crippen LogP contribution >= 0.6 is 0 Å². The molecule has 2 aromatic rings. The van der Waals surface area contributed by atoms with E-state index in [1.54, 1.807) is 19.1 Å². The van der Waals surface area contributed by atoms with Gasteiger partial charge in [-0.05, 0) is 49.7 Å². The summed E-state index contributed by atoms with van der Waals surface area (Å²) in [5.74, 6) is 0. The molecule has 2 aromatic carbocycles. The quantitative estimate of drug-likeness (QED) is 0.893. The predicted octanol–water partition coefficient (Wildman–Crippen LogP) is 2.82. The van der Waals surface area contributed by atoms with Crippen LogP contribution in [0, 0.1) is 13.8 Å². The van der Waals surface area contributed by atoms with Crippen molar-refractivity contribution in [2.45, 2.75) is 25.3 Å². The van der Waals surface area contributed by atoms with E-state index in [4.69, 9.17) is 0 Å². The molecule has 112 valence electrons. The third kappa shape index (κ3) is 3.62. The number of rotatable bonds is 5. The number of nitrogens with one attached hydrogen (secondary N) is 2. The van der Waals surface area contributed by atoms with Crippen molar-refractivity contribution in [3.05, 3.63) is 59.2 Å². The normalized spacial score (nSPS) is 11.4. The highest BCUT2D eigenvalue weighted by atomic mass is 32.2.